The molecule has 4 nitrogen and oxygen atoms in total. The maximum absolute atomic E-state index is 10.8. The lowest BCUT2D eigenvalue weighted by Gasteiger charge is -2.18. The molecule has 1 aromatic rings. The summed E-state index contributed by atoms with van der Waals surface area (Å²) in [5.41, 5.74) is 8.28. The summed E-state index contributed by atoms with van der Waals surface area (Å²) < 4.78 is 0.818. The van der Waals surface area contributed by atoms with E-state index in [0.717, 1.165) is 41.3 Å². The predicted octanol–water partition coefficient (Wildman–Crippen LogP) is 2.82. The topological polar surface area (TPSA) is 69.2 Å². The van der Waals surface area contributed by atoms with Crippen molar-refractivity contribution in [2.45, 2.75) is 25.7 Å². The summed E-state index contributed by atoms with van der Waals surface area (Å²) >= 11 is 3.38. The molecule has 2 rings (SSSR count). The lowest BCUT2D eigenvalue weighted by atomic mass is 9.90. The van der Waals surface area contributed by atoms with E-state index in [1.165, 1.54) is 6.07 Å². The Morgan fingerprint density at radius 2 is 1.93 bits per heavy atom. The Hall–Kier alpha value is -1.10. The van der Waals surface area contributed by atoms with Crippen molar-refractivity contribution in [3.8, 4) is 0 Å². The molecule has 0 amide bonds. The first-order valence-corrected chi connectivity index (χ1v) is 5.64. The molecule has 0 aromatic heterocycles. The molecule has 0 spiro atoms. The van der Waals surface area contributed by atoms with E-state index in [0.29, 0.717) is 5.69 Å². The van der Waals surface area contributed by atoms with Gasteiger partial charge in [-0.1, -0.05) is 15.9 Å². The van der Waals surface area contributed by atoms with Crippen LogP contribution in [0.2, 0.25) is 0 Å². The van der Waals surface area contributed by atoms with E-state index in [1.807, 2.05) is 0 Å². The van der Waals surface area contributed by atoms with Crippen LogP contribution >= 0.6 is 15.9 Å². The third-order valence-corrected chi connectivity index (χ3v) is 3.52. The molecule has 0 bridgehead atoms. The number of hydrogen-bond donors (Lipinski definition) is 1. The van der Waals surface area contributed by atoms with Crippen LogP contribution in [0.1, 0.15) is 24.0 Å². The second-order valence-electron chi connectivity index (χ2n) is 3.71. The number of nitro benzene ring substituents is 1. The van der Waals surface area contributed by atoms with Gasteiger partial charge in [0, 0.05) is 10.5 Å². The standard InChI is InChI=1S/C10H11BrN2O2/c11-8-5-9(13(14)15)10(12)7-4-2-1-3-6(7)8/h5H,1-4,12H2. The number of hydrogen-bond acceptors (Lipinski definition) is 3. The van der Waals surface area contributed by atoms with Gasteiger partial charge in [0.15, 0.2) is 0 Å². The highest BCUT2D eigenvalue weighted by Gasteiger charge is 2.23. The molecule has 0 fully saturated rings. The van der Waals surface area contributed by atoms with Crippen molar-refractivity contribution in [1.29, 1.82) is 0 Å². The van der Waals surface area contributed by atoms with Gasteiger partial charge in [-0.05, 0) is 36.8 Å². The number of anilines is 1. The van der Waals surface area contributed by atoms with Gasteiger partial charge in [0.2, 0.25) is 0 Å². The highest BCUT2D eigenvalue weighted by molar-refractivity contribution is 9.10. The zero-order chi connectivity index (χ0) is 11.0. The molecule has 0 atom stereocenters. The monoisotopic (exact) mass is 270 g/mol. The van der Waals surface area contributed by atoms with E-state index in [2.05, 4.69) is 15.9 Å². The minimum atomic E-state index is -0.422. The molecular formula is C10H11BrN2O2. The van der Waals surface area contributed by atoms with E-state index >= 15 is 0 Å². The van der Waals surface area contributed by atoms with E-state index < -0.39 is 4.92 Å². The summed E-state index contributed by atoms with van der Waals surface area (Å²) in [7, 11) is 0. The average molecular weight is 271 g/mol. The second-order valence-corrected chi connectivity index (χ2v) is 4.57. The smallest absolute Gasteiger partial charge is 0.293 e. The number of benzene rings is 1. The van der Waals surface area contributed by atoms with Crippen molar-refractivity contribution in [1.82, 2.24) is 0 Å². The Kier molecular flexibility index (Phi) is 2.65. The lowest BCUT2D eigenvalue weighted by Crippen LogP contribution is -2.09. The van der Waals surface area contributed by atoms with Crippen LogP contribution in [0.25, 0.3) is 0 Å². The highest BCUT2D eigenvalue weighted by Crippen LogP contribution is 2.38. The quantitative estimate of drug-likeness (QED) is 0.485. The normalized spacial score (nSPS) is 14.7. The molecule has 15 heavy (non-hydrogen) atoms. The number of nitrogens with two attached hydrogens (primary N) is 1. The molecule has 1 aliphatic rings. The largest absolute Gasteiger partial charge is 0.393 e. The van der Waals surface area contributed by atoms with Gasteiger partial charge in [0.05, 0.1) is 4.92 Å². The van der Waals surface area contributed by atoms with Crippen LogP contribution in [0.15, 0.2) is 10.5 Å². The Labute approximate surface area is 95.7 Å². The van der Waals surface area contributed by atoms with Gasteiger partial charge < -0.3 is 5.73 Å². The maximum Gasteiger partial charge on any atom is 0.293 e. The summed E-state index contributed by atoms with van der Waals surface area (Å²) in [5, 5.41) is 10.8. The summed E-state index contributed by atoms with van der Waals surface area (Å²) in [6.45, 7) is 0. The first-order valence-electron chi connectivity index (χ1n) is 4.85. The minimum absolute atomic E-state index is 0.0162. The van der Waals surface area contributed by atoms with Crippen LogP contribution in [0, 0.1) is 10.1 Å². The van der Waals surface area contributed by atoms with Crippen LogP contribution < -0.4 is 5.73 Å². The van der Waals surface area contributed by atoms with Crippen LogP contribution in [0.4, 0.5) is 11.4 Å². The summed E-state index contributed by atoms with van der Waals surface area (Å²) in [6.07, 6.45) is 3.99. The number of rotatable bonds is 1. The van der Waals surface area contributed by atoms with Gasteiger partial charge in [0.1, 0.15) is 5.69 Å². The summed E-state index contributed by atoms with van der Waals surface area (Å²) in [4.78, 5) is 10.3. The molecule has 0 saturated carbocycles. The van der Waals surface area contributed by atoms with Crippen molar-refractivity contribution in [2.24, 2.45) is 0 Å². The predicted molar refractivity (Wildman–Crippen MR) is 61.9 cm³/mol. The van der Waals surface area contributed by atoms with E-state index in [1.54, 1.807) is 0 Å². The van der Waals surface area contributed by atoms with Gasteiger partial charge in [0.25, 0.3) is 5.69 Å². The fourth-order valence-corrected chi connectivity index (χ4v) is 2.71. The fourth-order valence-electron chi connectivity index (χ4n) is 2.06. The molecule has 1 aliphatic carbocycles. The molecular weight excluding hydrogens is 260 g/mol. The summed E-state index contributed by atoms with van der Waals surface area (Å²) in [6, 6.07) is 1.51. The second kappa shape index (κ2) is 3.81. The Bertz CT molecular complexity index is 432. The van der Waals surface area contributed by atoms with Crippen LogP contribution in [-0.4, -0.2) is 4.92 Å². The number of nitrogen functional groups attached to an aromatic ring is 1. The summed E-state index contributed by atoms with van der Waals surface area (Å²) in [5.74, 6) is 0. The molecule has 0 aliphatic heterocycles. The molecule has 0 radical (unpaired) electrons. The third kappa shape index (κ3) is 1.71. The molecule has 80 valence electrons. The van der Waals surface area contributed by atoms with Gasteiger partial charge in [-0.3, -0.25) is 10.1 Å². The van der Waals surface area contributed by atoms with Gasteiger partial charge in [-0.25, -0.2) is 0 Å². The molecule has 0 heterocycles. The SMILES string of the molecule is Nc1c([N+](=O)[O-])cc(Br)c2c1CCCC2. The van der Waals surface area contributed by atoms with Crippen molar-refractivity contribution in [2.75, 3.05) is 5.73 Å². The molecule has 1 aromatic carbocycles. The van der Waals surface area contributed by atoms with E-state index in [4.69, 9.17) is 5.73 Å². The van der Waals surface area contributed by atoms with Crippen molar-refractivity contribution >= 4 is 27.3 Å². The van der Waals surface area contributed by atoms with Crippen molar-refractivity contribution < 1.29 is 4.92 Å². The number of halogens is 1. The highest BCUT2D eigenvalue weighted by atomic mass is 79.9. The van der Waals surface area contributed by atoms with Crippen LogP contribution in [0.3, 0.4) is 0 Å². The average Bonchev–Trinajstić information content (AvgIpc) is 2.23. The first kappa shape index (κ1) is 10.4. The molecule has 0 saturated heterocycles. The minimum Gasteiger partial charge on any atom is -0.393 e. The van der Waals surface area contributed by atoms with E-state index in [9.17, 15) is 10.1 Å². The van der Waals surface area contributed by atoms with Crippen molar-refractivity contribution in [3.63, 3.8) is 0 Å². The molecule has 2 N–H and O–H groups in total. The number of nitro groups is 1. The van der Waals surface area contributed by atoms with Crippen LogP contribution in [0.5, 0.6) is 0 Å². The molecule has 5 heteroatoms. The lowest BCUT2D eigenvalue weighted by molar-refractivity contribution is -0.384. The fraction of sp³-hybridized carbons (Fsp3) is 0.400. The number of fused-ring (bicyclic) bond motifs is 1. The van der Waals surface area contributed by atoms with Gasteiger partial charge in [-0.15, -0.1) is 0 Å². The third-order valence-electron chi connectivity index (χ3n) is 2.82. The first-order chi connectivity index (χ1) is 7.11. The van der Waals surface area contributed by atoms with Gasteiger partial charge >= 0.3 is 0 Å². The van der Waals surface area contributed by atoms with Crippen LogP contribution in [-0.2, 0) is 12.8 Å². The Balaban J connectivity index is 2.64. The maximum atomic E-state index is 10.8. The van der Waals surface area contributed by atoms with Crippen molar-refractivity contribution in [3.05, 3.63) is 31.8 Å². The Morgan fingerprint density at radius 1 is 1.33 bits per heavy atom. The Morgan fingerprint density at radius 3 is 2.53 bits per heavy atom. The van der Waals surface area contributed by atoms with E-state index in [-0.39, 0.29) is 5.69 Å². The molecule has 0 unspecified atom stereocenters. The zero-order valence-electron chi connectivity index (χ0n) is 8.12. The van der Waals surface area contributed by atoms with Gasteiger partial charge in [-0.2, -0.15) is 0 Å². The zero-order valence-corrected chi connectivity index (χ0v) is 9.71. The number of nitrogens with zero attached hydrogens (tertiary/aromatic N) is 1.